The summed E-state index contributed by atoms with van der Waals surface area (Å²) in [6, 6.07) is 11.8. The molecule has 2 N–H and O–H groups in total. The monoisotopic (exact) mass is 526 g/mol. The van der Waals surface area contributed by atoms with Gasteiger partial charge in [0.25, 0.3) is 5.91 Å². The number of rotatable bonds is 8. The van der Waals surface area contributed by atoms with Gasteiger partial charge in [0.05, 0.1) is 23.4 Å². The molecule has 0 aliphatic carbocycles. The highest BCUT2D eigenvalue weighted by Crippen LogP contribution is 2.36. The maximum absolute atomic E-state index is 12.4. The second-order valence-corrected chi connectivity index (χ2v) is 9.62. The molecule has 1 saturated heterocycles. The molecule has 2 aromatic carbocycles. The van der Waals surface area contributed by atoms with E-state index in [2.05, 4.69) is 16.6 Å². The number of amides is 2. The van der Waals surface area contributed by atoms with Gasteiger partial charge in [-0.2, -0.15) is 0 Å². The Kier molecular flexibility index (Phi) is 8.87. The lowest BCUT2D eigenvalue weighted by Gasteiger charge is -2.32. The standard InChI is InChI=1S/C26H28BClN2O7/c1-6-13-29-22(31)18-9-12-21(19(14-18)16-34-23(28)32)30-24(33)35-15-17-7-10-20(11-8-17)27-36-25(2,3)26(4,5)37-27/h1,7-12,14H,13,15-16H2,2-5H3,(H,29,31)(H,30,33). The van der Waals surface area contributed by atoms with Gasteiger partial charge >= 0.3 is 18.6 Å². The Balaban J connectivity index is 1.61. The van der Waals surface area contributed by atoms with E-state index in [1.165, 1.54) is 18.2 Å². The third-order valence-electron chi connectivity index (χ3n) is 6.17. The quantitative estimate of drug-likeness (QED) is 0.304. The molecule has 2 aromatic rings. The van der Waals surface area contributed by atoms with E-state index in [-0.39, 0.29) is 31.0 Å². The minimum Gasteiger partial charge on any atom is -0.449 e. The molecule has 11 heteroatoms. The highest BCUT2D eigenvalue weighted by molar-refractivity contribution is 6.62. The first-order valence-corrected chi connectivity index (χ1v) is 11.8. The van der Waals surface area contributed by atoms with Gasteiger partial charge < -0.3 is 24.1 Å². The lowest BCUT2D eigenvalue weighted by molar-refractivity contribution is 0.00578. The molecule has 194 valence electrons. The van der Waals surface area contributed by atoms with Crippen molar-refractivity contribution in [3.8, 4) is 12.3 Å². The first kappa shape index (κ1) is 28.1. The molecule has 0 spiro atoms. The van der Waals surface area contributed by atoms with Crippen LogP contribution in [0, 0.1) is 12.3 Å². The van der Waals surface area contributed by atoms with Crippen LogP contribution in [0.1, 0.15) is 49.2 Å². The number of carbonyl (C=O) groups excluding carboxylic acids is 3. The molecule has 0 aromatic heterocycles. The largest absolute Gasteiger partial charge is 0.494 e. The van der Waals surface area contributed by atoms with Crippen molar-refractivity contribution in [1.29, 1.82) is 0 Å². The maximum Gasteiger partial charge on any atom is 0.494 e. The van der Waals surface area contributed by atoms with E-state index in [1.54, 1.807) is 0 Å². The van der Waals surface area contributed by atoms with Crippen LogP contribution in [0.4, 0.5) is 15.3 Å². The van der Waals surface area contributed by atoms with Crippen LogP contribution in [-0.2, 0) is 32.0 Å². The summed E-state index contributed by atoms with van der Waals surface area (Å²) in [6.07, 6.45) is 4.42. The van der Waals surface area contributed by atoms with Crippen molar-refractivity contribution in [3.63, 3.8) is 0 Å². The molecular formula is C26H28BClN2O7. The Morgan fingerprint density at radius 1 is 1.00 bits per heavy atom. The van der Waals surface area contributed by atoms with Gasteiger partial charge in [-0.25, -0.2) is 9.59 Å². The number of anilines is 1. The fraction of sp³-hybridized carbons (Fsp3) is 0.346. The highest BCUT2D eigenvalue weighted by Gasteiger charge is 2.51. The maximum atomic E-state index is 12.4. The number of carbonyl (C=O) groups is 3. The van der Waals surface area contributed by atoms with Crippen molar-refractivity contribution in [1.82, 2.24) is 5.32 Å². The molecule has 2 amide bonds. The summed E-state index contributed by atoms with van der Waals surface area (Å²) in [4.78, 5) is 35.7. The summed E-state index contributed by atoms with van der Waals surface area (Å²) in [5.74, 6) is 1.89. The molecule has 0 bridgehead atoms. The Labute approximate surface area is 221 Å². The molecule has 37 heavy (non-hydrogen) atoms. The fourth-order valence-corrected chi connectivity index (χ4v) is 3.44. The molecule has 0 radical (unpaired) electrons. The lowest BCUT2D eigenvalue weighted by atomic mass is 9.79. The summed E-state index contributed by atoms with van der Waals surface area (Å²) < 4.78 is 22.3. The van der Waals surface area contributed by atoms with Gasteiger partial charge in [0.1, 0.15) is 13.2 Å². The average Bonchev–Trinajstić information content (AvgIpc) is 3.07. The topological polar surface area (TPSA) is 112 Å². The van der Waals surface area contributed by atoms with Crippen LogP contribution in [0.15, 0.2) is 42.5 Å². The molecule has 1 aliphatic rings. The number of ether oxygens (including phenoxy) is 2. The molecule has 0 saturated carbocycles. The summed E-state index contributed by atoms with van der Waals surface area (Å²) in [7, 11) is -0.486. The van der Waals surface area contributed by atoms with Crippen LogP contribution in [0.3, 0.4) is 0 Å². The number of terminal acetylenes is 1. The zero-order chi connectivity index (χ0) is 27.2. The predicted molar refractivity (Wildman–Crippen MR) is 140 cm³/mol. The van der Waals surface area contributed by atoms with Crippen molar-refractivity contribution >= 4 is 47.3 Å². The van der Waals surface area contributed by atoms with Crippen molar-refractivity contribution in [2.45, 2.75) is 52.1 Å². The normalized spacial score (nSPS) is 15.4. The second-order valence-electron chi connectivity index (χ2n) is 9.32. The number of nitrogens with one attached hydrogen (secondary N) is 2. The van der Waals surface area contributed by atoms with Gasteiger partial charge in [-0.15, -0.1) is 6.42 Å². The van der Waals surface area contributed by atoms with Gasteiger partial charge in [-0.3, -0.25) is 10.1 Å². The van der Waals surface area contributed by atoms with Crippen LogP contribution in [-0.4, -0.2) is 42.3 Å². The Morgan fingerprint density at radius 2 is 1.65 bits per heavy atom. The molecule has 1 heterocycles. The van der Waals surface area contributed by atoms with Crippen LogP contribution in [0.25, 0.3) is 0 Å². The van der Waals surface area contributed by atoms with E-state index < -0.39 is 35.7 Å². The molecule has 9 nitrogen and oxygen atoms in total. The highest BCUT2D eigenvalue weighted by atomic mass is 35.5. The van der Waals surface area contributed by atoms with Gasteiger partial charge in [0, 0.05) is 22.7 Å². The predicted octanol–water partition coefficient (Wildman–Crippen LogP) is 3.97. The molecule has 0 unspecified atom stereocenters. The molecular weight excluding hydrogens is 499 g/mol. The van der Waals surface area contributed by atoms with Crippen molar-refractivity contribution < 1.29 is 33.2 Å². The Morgan fingerprint density at radius 3 is 2.24 bits per heavy atom. The average molecular weight is 527 g/mol. The van der Waals surface area contributed by atoms with Crippen LogP contribution < -0.4 is 16.1 Å². The minimum atomic E-state index is -1.03. The Bertz CT molecular complexity index is 1190. The third kappa shape index (κ3) is 7.26. The lowest BCUT2D eigenvalue weighted by Crippen LogP contribution is -2.41. The van der Waals surface area contributed by atoms with E-state index >= 15 is 0 Å². The second kappa shape index (κ2) is 11.7. The van der Waals surface area contributed by atoms with Gasteiger partial charge in [0.2, 0.25) is 0 Å². The van der Waals surface area contributed by atoms with E-state index in [9.17, 15) is 14.4 Å². The van der Waals surface area contributed by atoms with Gasteiger partial charge in [0.15, 0.2) is 0 Å². The van der Waals surface area contributed by atoms with Gasteiger partial charge in [-0.05, 0) is 56.9 Å². The Hall–Kier alpha value is -3.52. The fourth-order valence-electron chi connectivity index (χ4n) is 3.39. The molecule has 1 aliphatic heterocycles. The van der Waals surface area contributed by atoms with Gasteiger partial charge in [-0.1, -0.05) is 30.2 Å². The summed E-state index contributed by atoms with van der Waals surface area (Å²) in [5, 5.41) is 5.12. The van der Waals surface area contributed by atoms with Crippen LogP contribution in [0.2, 0.25) is 0 Å². The number of benzene rings is 2. The smallest absolute Gasteiger partial charge is 0.449 e. The molecule has 1 fully saturated rings. The third-order valence-corrected chi connectivity index (χ3v) is 6.28. The molecule has 3 rings (SSSR count). The zero-order valence-corrected chi connectivity index (χ0v) is 21.8. The molecule has 0 atom stereocenters. The summed E-state index contributed by atoms with van der Waals surface area (Å²) in [5.41, 5.74) is 0.587. The first-order chi connectivity index (χ1) is 17.4. The van der Waals surface area contributed by atoms with Crippen molar-refractivity contribution in [2.75, 3.05) is 11.9 Å². The van der Waals surface area contributed by atoms with E-state index in [0.29, 0.717) is 5.56 Å². The van der Waals surface area contributed by atoms with Crippen LogP contribution in [0.5, 0.6) is 0 Å². The van der Waals surface area contributed by atoms with E-state index in [4.69, 9.17) is 36.8 Å². The first-order valence-electron chi connectivity index (χ1n) is 11.5. The van der Waals surface area contributed by atoms with Crippen molar-refractivity contribution in [2.24, 2.45) is 0 Å². The van der Waals surface area contributed by atoms with E-state index in [1.807, 2.05) is 52.0 Å². The van der Waals surface area contributed by atoms with Crippen molar-refractivity contribution in [3.05, 3.63) is 59.2 Å². The SMILES string of the molecule is C#CCNC(=O)c1ccc(NC(=O)OCc2ccc(B3OC(C)(C)C(C)(C)O3)cc2)c(COC(=O)Cl)c1. The summed E-state index contributed by atoms with van der Waals surface area (Å²) in [6.45, 7) is 7.74. The number of hydrogen-bond donors (Lipinski definition) is 2. The van der Waals surface area contributed by atoms with E-state index in [0.717, 1.165) is 11.0 Å². The zero-order valence-electron chi connectivity index (χ0n) is 21.1. The summed E-state index contributed by atoms with van der Waals surface area (Å²) >= 11 is 5.26. The number of halogens is 1. The van der Waals surface area contributed by atoms with Crippen LogP contribution >= 0.6 is 11.6 Å². The number of hydrogen-bond acceptors (Lipinski definition) is 7. The minimum absolute atomic E-state index is 0.00799.